The molecule has 1 aromatic carbocycles. The monoisotopic (exact) mass is 386 g/mol. The fourth-order valence-electron chi connectivity index (χ4n) is 2.42. The first-order chi connectivity index (χ1) is 13.1. The van der Waals surface area contributed by atoms with Crippen LogP contribution in [0.15, 0.2) is 34.2 Å². The molecule has 0 saturated carbocycles. The van der Waals surface area contributed by atoms with Crippen LogP contribution in [0.25, 0.3) is 11.3 Å². The highest BCUT2D eigenvalue weighted by molar-refractivity contribution is 7.14. The highest BCUT2D eigenvalue weighted by Crippen LogP contribution is 2.25. The molecule has 0 radical (unpaired) electrons. The molecule has 0 spiro atoms. The van der Waals surface area contributed by atoms with Gasteiger partial charge in [0.05, 0.1) is 5.69 Å². The number of benzene rings is 1. The molecule has 2 aromatic heterocycles. The third-order valence-electron chi connectivity index (χ3n) is 4.18. The van der Waals surface area contributed by atoms with Crippen molar-refractivity contribution in [2.75, 3.05) is 12.4 Å². The summed E-state index contributed by atoms with van der Waals surface area (Å²) < 4.78 is 10.3. The largest absolute Gasteiger partial charge is 0.374 e. The number of methoxy groups -OCH3 is 1. The summed E-state index contributed by atoms with van der Waals surface area (Å²) in [7, 11) is 1.58. The van der Waals surface area contributed by atoms with Crippen molar-refractivity contribution in [3.05, 3.63) is 46.9 Å². The molecule has 1 amide bonds. The summed E-state index contributed by atoms with van der Waals surface area (Å²) in [5.74, 6) is 0.753. The number of carbonyl (C=O) groups excluding carboxylic acids is 1. The molecule has 0 unspecified atom stereocenters. The molecule has 0 aliphatic rings. The zero-order chi connectivity index (χ0) is 19.2. The van der Waals surface area contributed by atoms with Gasteiger partial charge in [-0.3, -0.25) is 4.79 Å². The van der Waals surface area contributed by atoms with Crippen molar-refractivity contribution in [3.8, 4) is 11.3 Å². The molecule has 8 heteroatoms. The Hall–Kier alpha value is -2.58. The SMILES string of the molecule is CCc1ccc(-c2csc(NC(=O)CCc3nc([C@H](C)OC)no3)n2)cc1. The molecule has 3 aromatic rings. The van der Waals surface area contributed by atoms with E-state index >= 15 is 0 Å². The van der Waals surface area contributed by atoms with Crippen LogP contribution in [-0.2, 0) is 22.4 Å². The molecular formula is C19H22N4O3S. The van der Waals surface area contributed by atoms with E-state index in [0.717, 1.165) is 17.7 Å². The van der Waals surface area contributed by atoms with Gasteiger partial charge in [0.1, 0.15) is 6.10 Å². The number of amides is 1. The number of carbonyl (C=O) groups is 1. The number of aryl methyl sites for hydroxylation is 2. The molecule has 7 nitrogen and oxygen atoms in total. The maximum atomic E-state index is 12.2. The molecule has 0 aliphatic carbocycles. The van der Waals surface area contributed by atoms with E-state index in [2.05, 4.69) is 39.5 Å². The van der Waals surface area contributed by atoms with Crippen LogP contribution in [0.1, 0.15) is 43.7 Å². The van der Waals surface area contributed by atoms with Crippen LogP contribution >= 0.6 is 11.3 Å². The Labute approximate surface area is 161 Å². The van der Waals surface area contributed by atoms with E-state index < -0.39 is 0 Å². The summed E-state index contributed by atoms with van der Waals surface area (Å²) >= 11 is 1.40. The smallest absolute Gasteiger partial charge is 0.227 e. The maximum absolute atomic E-state index is 12.2. The Balaban J connectivity index is 1.53. The van der Waals surface area contributed by atoms with Gasteiger partial charge in [0.25, 0.3) is 0 Å². The zero-order valence-corrected chi connectivity index (χ0v) is 16.4. The Morgan fingerprint density at radius 2 is 2.07 bits per heavy atom. The first-order valence-corrected chi connectivity index (χ1v) is 9.67. The molecule has 1 N–H and O–H groups in total. The average Bonchev–Trinajstić information content (AvgIpc) is 3.35. The van der Waals surface area contributed by atoms with Crippen molar-refractivity contribution >= 4 is 22.4 Å². The van der Waals surface area contributed by atoms with Crippen molar-refractivity contribution in [1.29, 1.82) is 0 Å². The van der Waals surface area contributed by atoms with Crippen molar-refractivity contribution in [2.45, 2.75) is 39.2 Å². The Morgan fingerprint density at radius 3 is 2.78 bits per heavy atom. The number of rotatable bonds is 8. The van der Waals surface area contributed by atoms with Gasteiger partial charge in [-0.2, -0.15) is 4.98 Å². The predicted molar refractivity (Wildman–Crippen MR) is 104 cm³/mol. The molecule has 3 rings (SSSR count). The van der Waals surface area contributed by atoms with Crippen LogP contribution in [0.4, 0.5) is 5.13 Å². The molecule has 0 bridgehead atoms. The minimum Gasteiger partial charge on any atom is -0.374 e. The Kier molecular flexibility index (Phi) is 6.31. The van der Waals surface area contributed by atoms with E-state index in [4.69, 9.17) is 9.26 Å². The van der Waals surface area contributed by atoms with Crippen LogP contribution in [-0.4, -0.2) is 28.1 Å². The number of nitrogens with zero attached hydrogens (tertiary/aromatic N) is 3. The van der Waals surface area contributed by atoms with Crippen LogP contribution in [0.3, 0.4) is 0 Å². The van der Waals surface area contributed by atoms with E-state index in [1.165, 1.54) is 16.9 Å². The number of aromatic nitrogens is 3. The lowest BCUT2D eigenvalue weighted by atomic mass is 10.1. The first kappa shape index (κ1) is 19.2. The highest BCUT2D eigenvalue weighted by atomic mass is 32.1. The number of thiazole rings is 1. The lowest BCUT2D eigenvalue weighted by Gasteiger charge is -2.01. The maximum Gasteiger partial charge on any atom is 0.227 e. The molecule has 142 valence electrons. The van der Waals surface area contributed by atoms with Gasteiger partial charge in [-0.25, -0.2) is 4.98 Å². The quantitative estimate of drug-likeness (QED) is 0.628. The number of ether oxygens (including phenoxy) is 1. The van der Waals surface area contributed by atoms with Gasteiger partial charge >= 0.3 is 0 Å². The molecule has 0 fully saturated rings. The fourth-order valence-corrected chi connectivity index (χ4v) is 3.15. The van der Waals surface area contributed by atoms with Gasteiger partial charge < -0.3 is 14.6 Å². The third kappa shape index (κ3) is 4.99. The lowest BCUT2D eigenvalue weighted by Crippen LogP contribution is -2.12. The van der Waals surface area contributed by atoms with Crippen LogP contribution < -0.4 is 5.32 Å². The van der Waals surface area contributed by atoms with Crippen molar-refractivity contribution in [3.63, 3.8) is 0 Å². The third-order valence-corrected chi connectivity index (χ3v) is 4.93. The Morgan fingerprint density at radius 1 is 1.30 bits per heavy atom. The molecule has 27 heavy (non-hydrogen) atoms. The summed E-state index contributed by atoms with van der Waals surface area (Å²) in [6, 6.07) is 8.29. The summed E-state index contributed by atoms with van der Waals surface area (Å²) in [5.41, 5.74) is 3.18. The zero-order valence-electron chi connectivity index (χ0n) is 15.6. The van der Waals surface area contributed by atoms with E-state index in [9.17, 15) is 4.79 Å². The fraction of sp³-hybridized carbons (Fsp3) is 0.368. The van der Waals surface area contributed by atoms with E-state index in [-0.39, 0.29) is 18.4 Å². The summed E-state index contributed by atoms with van der Waals surface area (Å²) in [6.07, 6.45) is 1.37. The van der Waals surface area contributed by atoms with Crippen molar-refractivity contribution in [2.24, 2.45) is 0 Å². The topological polar surface area (TPSA) is 90.1 Å². The molecule has 2 heterocycles. The molecular weight excluding hydrogens is 364 g/mol. The van der Waals surface area contributed by atoms with Gasteiger partial charge in [0, 0.05) is 30.9 Å². The predicted octanol–water partition coefficient (Wildman–Crippen LogP) is 4.03. The summed E-state index contributed by atoms with van der Waals surface area (Å²) in [6.45, 7) is 3.95. The second-order valence-electron chi connectivity index (χ2n) is 6.06. The molecule has 0 saturated heterocycles. The second-order valence-corrected chi connectivity index (χ2v) is 6.92. The van der Waals surface area contributed by atoms with Crippen molar-refractivity contribution < 1.29 is 14.1 Å². The van der Waals surface area contributed by atoms with E-state index in [1.54, 1.807) is 7.11 Å². The number of hydrogen-bond donors (Lipinski definition) is 1. The number of hydrogen-bond acceptors (Lipinski definition) is 7. The number of anilines is 1. The standard InChI is InChI=1S/C19H22N4O3S/c1-4-13-5-7-14(8-6-13)15-11-27-19(20-15)21-16(24)9-10-17-22-18(23-26-17)12(2)25-3/h5-8,11-12H,4,9-10H2,1-3H3,(H,20,21,24)/t12-/m0/s1. The minimum atomic E-state index is -0.239. The van der Waals surface area contributed by atoms with Crippen LogP contribution in [0, 0.1) is 0 Å². The average molecular weight is 386 g/mol. The first-order valence-electron chi connectivity index (χ1n) is 8.79. The number of nitrogens with one attached hydrogen (secondary N) is 1. The lowest BCUT2D eigenvalue weighted by molar-refractivity contribution is -0.116. The van der Waals surface area contributed by atoms with Gasteiger partial charge in [-0.05, 0) is 18.9 Å². The highest BCUT2D eigenvalue weighted by Gasteiger charge is 2.14. The Bertz CT molecular complexity index is 889. The van der Waals surface area contributed by atoms with Gasteiger partial charge in [-0.1, -0.05) is 36.3 Å². The van der Waals surface area contributed by atoms with Gasteiger partial charge in [-0.15, -0.1) is 11.3 Å². The van der Waals surface area contributed by atoms with Crippen molar-refractivity contribution in [1.82, 2.24) is 15.1 Å². The minimum absolute atomic E-state index is 0.142. The van der Waals surface area contributed by atoms with Crippen LogP contribution in [0.5, 0.6) is 0 Å². The van der Waals surface area contributed by atoms with E-state index in [0.29, 0.717) is 23.3 Å². The van der Waals surface area contributed by atoms with Crippen LogP contribution in [0.2, 0.25) is 0 Å². The summed E-state index contributed by atoms with van der Waals surface area (Å²) in [4.78, 5) is 20.9. The summed E-state index contributed by atoms with van der Waals surface area (Å²) in [5, 5.41) is 9.18. The van der Waals surface area contributed by atoms with E-state index in [1.807, 2.05) is 24.4 Å². The van der Waals surface area contributed by atoms with Gasteiger partial charge in [0.2, 0.25) is 11.8 Å². The second kappa shape index (κ2) is 8.88. The normalized spacial score (nSPS) is 12.1. The molecule has 1 atom stereocenters. The molecule has 0 aliphatic heterocycles. The van der Waals surface area contributed by atoms with Gasteiger partial charge in [0.15, 0.2) is 11.0 Å².